The number of amides is 1. The predicted octanol–water partition coefficient (Wildman–Crippen LogP) is 4.71. The van der Waals surface area contributed by atoms with Gasteiger partial charge in [-0.15, -0.1) is 0 Å². The molecule has 0 saturated heterocycles. The van der Waals surface area contributed by atoms with Crippen molar-refractivity contribution in [3.63, 3.8) is 0 Å². The van der Waals surface area contributed by atoms with Gasteiger partial charge in [-0.3, -0.25) is 10.1 Å². The molecule has 0 fully saturated rings. The maximum atomic E-state index is 12.2. The largest absolute Gasteiger partial charge is 0.506 e. The van der Waals surface area contributed by atoms with Crippen LogP contribution in [0.5, 0.6) is 11.5 Å². The smallest absolute Gasteiger partial charge is 0.257 e. The van der Waals surface area contributed by atoms with Crippen LogP contribution in [0.2, 0.25) is 5.02 Å². The van der Waals surface area contributed by atoms with E-state index in [0.29, 0.717) is 31.0 Å². The molecule has 2 aromatic carbocycles. The number of ether oxygens (including phenoxy) is 1. The number of phenols is 1. The maximum absolute atomic E-state index is 12.2. The number of nitrogens with one attached hydrogen (secondary N) is 2. The van der Waals surface area contributed by atoms with Crippen molar-refractivity contribution in [2.75, 3.05) is 12.4 Å². The molecule has 0 unspecified atom stereocenters. The van der Waals surface area contributed by atoms with Crippen molar-refractivity contribution < 1.29 is 14.6 Å². The number of aromatic hydroxyl groups is 1. The highest BCUT2D eigenvalue weighted by Gasteiger charge is 2.12. The molecule has 0 radical (unpaired) electrons. The fraction of sp³-hybridized carbons (Fsp3) is 0.0667. The van der Waals surface area contributed by atoms with Crippen molar-refractivity contribution in [3.05, 3.63) is 49.9 Å². The highest BCUT2D eigenvalue weighted by Crippen LogP contribution is 2.35. The first-order valence-electron chi connectivity index (χ1n) is 6.45. The van der Waals surface area contributed by atoms with E-state index in [1.807, 2.05) is 0 Å². The first-order valence-corrected chi connectivity index (χ1v) is 8.83. The molecule has 0 aliphatic carbocycles. The topological polar surface area (TPSA) is 70.6 Å². The van der Waals surface area contributed by atoms with Crippen LogP contribution in [-0.2, 0) is 0 Å². The Morgan fingerprint density at radius 3 is 2.42 bits per heavy atom. The molecule has 0 aliphatic heterocycles. The number of phenolic OH excluding ortho intramolecular Hbond substituents is 1. The lowest BCUT2D eigenvalue weighted by Gasteiger charge is -2.12. The Balaban J connectivity index is 2.07. The summed E-state index contributed by atoms with van der Waals surface area (Å²) in [6, 6.07) is 7.93. The van der Waals surface area contributed by atoms with E-state index in [1.165, 1.54) is 13.2 Å². The lowest BCUT2D eigenvalue weighted by atomic mass is 10.2. The second-order valence-electron chi connectivity index (χ2n) is 4.55. The van der Waals surface area contributed by atoms with Crippen LogP contribution in [-0.4, -0.2) is 23.2 Å². The highest BCUT2D eigenvalue weighted by atomic mass is 79.9. The minimum absolute atomic E-state index is 0.0726. The summed E-state index contributed by atoms with van der Waals surface area (Å²) in [7, 11) is 1.49. The van der Waals surface area contributed by atoms with Crippen molar-refractivity contribution >= 4 is 72.4 Å². The van der Waals surface area contributed by atoms with Crippen molar-refractivity contribution in [1.82, 2.24) is 5.32 Å². The molecule has 1 amide bonds. The molecule has 3 N–H and O–H groups in total. The van der Waals surface area contributed by atoms with Crippen LogP contribution in [0.3, 0.4) is 0 Å². The van der Waals surface area contributed by atoms with Crippen LogP contribution in [0.15, 0.2) is 39.3 Å². The number of anilines is 1. The number of carbonyl (C=O) groups is 1. The van der Waals surface area contributed by atoms with E-state index in [9.17, 15) is 9.90 Å². The minimum atomic E-state index is -0.408. The lowest BCUT2D eigenvalue weighted by molar-refractivity contribution is 0.0977. The average Bonchev–Trinajstić information content (AvgIpc) is 2.52. The zero-order valence-electron chi connectivity index (χ0n) is 12.2. The van der Waals surface area contributed by atoms with E-state index in [4.69, 9.17) is 28.6 Å². The number of hydrogen-bond acceptors (Lipinski definition) is 4. The van der Waals surface area contributed by atoms with Gasteiger partial charge >= 0.3 is 0 Å². The van der Waals surface area contributed by atoms with Crippen molar-refractivity contribution in [2.24, 2.45) is 0 Å². The predicted molar refractivity (Wildman–Crippen MR) is 105 cm³/mol. The first kappa shape index (κ1) is 19.0. The van der Waals surface area contributed by atoms with Gasteiger partial charge in [0.1, 0.15) is 11.5 Å². The standard InChI is InChI=1S/C15H11Br2ClN2O3S/c1-23-12-3-2-7(4-11(12)18)14(22)20-15(24)19-8-5-9(16)13(21)10(17)6-8/h2-6,21H,1H3,(H2,19,20,22,24). The number of methoxy groups -OCH3 is 1. The number of carbonyl (C=O) groups excluding carboxylic acids is 1. The lowest BCUT2D eigenvalue weighted by Crippen LogP contribution is -2.34. The molecule has 126 valence electrons. The second kappa shape index (κ2) is 8.15. The third-order valence-corrected chi connectivity index (χ3v) is 4.62. The summed E-state index contributed by atoms with van der Waals surface area (Å²) >= 11 is 17.6. The molecule has 9 heteroatoms. The zero-order chi connectivity index (χ0) is 17.9. The molecule has 2 aromatic rings. The SMILES string of the molecule is COc1ccc(C(=O)NC(=S)Nc2cc(Br)c(O)c(Br)c2)cc1Cl. The van der Waals surface area contributed by atoms with Crippen LogP contribution < -0.4 is 15.4 Å². The van der Waals surface area contributed by atoms with Crippen LogP contribution in [0, 0.1) is 0 Å². The van der Waals surface area contributed by atoms with Gasteiger partial charge in [0.15, 0.2) is 5.11 Å². The van der Waals surface area contributed by atoms with Gasteiger partial charge in [-0.1, -0.05) is 11.6 Å². The van der Waals surface area contributed by atoms with Gasteiger partial charge < -0.3 is 15.2 Å². The summed E-state index contributed by atoms with van der Waals surface area (Å²) in [5, 5.41) is 15.5. The monoisotopic (exact) mass is 492 g/mol. The molecular weight excluding hydrogens is 484 g/mol. The summed E-state index contributed by atoms with van der Waals surface area (Å²) in [6.45, 7) is 0. The molecule has 24 heavy (non-hydrogen) atoms. The molecule has 0 heterocycles. The summed E-state index contributed by atoms with van der Waals surface area (Å²) < 4.78 is 6.00. The van der Waals surface area contributed by atoms with Crippen molar-refractivity contribution in [1.29, 1.82) is 0 Å². The van der Waals surface area contributed by atoms with Gasteiger partial charge in [0.2, 0.25) is 0 Å². The van der Waals surface area contributed by atoms with E-state index >= 15 is 0 Å². The third kappa shape index (κ3) is 4.60. The van der Waals surface area contributed by atoms with Gasteiger partial charge in [0.05, 0.1) is 21.1 Å². The number of benzene rings is 2. The van der Waals surface area contributed by atoms with Gasteiger partial charge in [-0.2, -0.15) is 0 Å². The highest BCUT2D eigenvalue weighted by molar-refractivity contribution is 9.11. The van der Waals surface area contributed by atoms with E-state index in [0.717, 1.165) is 0 Å². The minimum Gasteiger partial charge on any atom is -0.506 e. The van der Waals surface area contributed by atoms with E-state index in [-0.39, 0.29) is 10.9 Å². The number of thiocarbonyl (C=S) groups is 1. The molecule has 0 saturated carbocycles. The van der Waals surface area contributed by atoms with E-state index in [1.54, 1.807) is 24.3 Å². The van der Waals surface area contributed by atoms with Gasteiger partial charge in [-0.25, -0.2) is 0 Å². The Labute approximate surface area is 165 Å². The molecule has 0 atom stereocenters. The van der Waals surface area contributed by atoms with Gasteiger partial charge in [0, 0.05) is 11.3 Å². The summed E-state index contributed by atoms with van der Waals surface area (Å²) in [5.74, 6) is 0.144. The zero-order valence-corrected chi connectivity index (χ0v) is 16.9. The maximum Gasteiger partial charge on any atom is 0.257 e. The van der Waals surface area contributed by atoms with Crippen molar-refractivity contribution in [3.8, 4) is 11.5 Å². The normalized spacial score (nSPS) is 10.2. The number of rotatable bonds is 3. The van der Waals surface area contributed by atoms with Crippen LogP contribution in [0.4, 0.5) is 5.69 Å². The number of hydrogen-bond donors (Lipinski definition) is 3. The molecule has 0 bridgehead atoms. The quantitative estimate of drug-likeness (QED) is 0.426. The van der Waals surface area contributed by atoms with Crippen LogP contribution in [0.1, 0.15) is 10.4 Å². The van der Waals surface area contributed by atoms with E-state index in [2.05, 4.69) is 42.5 Å². The van der Waals surface area contributed by atoms with Crippen LogP contribution in [0.25, 0.3) is 0 Å². The summed E-state index contributed by atoms with van der Waals surface area (Å²) in [6.07, 6.45) is 0. The molecule has 0 spiro atoms. The molecule has 5 nitrogen and oxygen atoms in total. The molecule has 0 aliphatic rings. The molecular formula is C15H11Br2ClN2O3S. The fourth-order valence-corrected chi connectivity index (χ4v) is 3.44. The Hall–Kier alpha value is -1.35. The molecule has 2 rings (SSSR count). The van der Waals surface area contributed by atoms with Crippen molar-refractivity contribution in [2.45, 2.75) is 0 Å². The second-order valence-corrected chi connectivity index (χ2v) is 7.07. The van der Waals surface area contributed by atoms with Gasteiger partial charge in [-0.05, 0) is 74.4 Å². The average molecular weight is 495 g/mol. The Morgan fingerprint density at radius 2 is 1.88 bits per heavy atom. The summed E-state index contributed by atoms with van der Waals surface area (Å²) in [5.41, 5.74) is 0.933. The third-order valence-electron chi connectivity index (χ3n) is 2.92. The fourth-order valence-electron chi connectivity index (χ4n) is 1.78. The Morgan fingerprint density at radius 1 is 1.25 bits per heavy atom. The Kier molecular flexibility index (Phi) is 6.45. The summed E-state index contributed by atoms with van der Waals surface area (Å²) in [4.78, 5) is 12.2. The molecule has 0 aromatic heterocycles. The van der Waals surface area contributed by atoms with Crippen LogP contribution >= 0.6 is 55.7 Å². The van der Waals surface area contributed by atoms with E-state index < -0.39 is 5.91 Å². The van der Waals surface area contributed by atoms with Gasteiger partial charge in [0.25, 0.3) is 5.91 Å². The number of halogens is 3. The first-order chi connectivity index (χ1) is 11.3. The Bertz CT molecular complexity index is 794.